The highest BCUT2D eigenvalue weighted by Crippen LogP contribution is 2.32. The molecule has 1 aromatic carbocycles. The molecule has 35 heavy (non-hydrogen) atoms. The van der Waals surface area contributed by atoms with E-state index in [0.717, 1.165) is 23.5 Å². The molecule has 2 saturated heterocycles. The van der Waals surface area contributed by atoms with Gasteiger partial charge in [0.1, 0.15) is 12.1 Å². The van der Waals surface area contributed by atoms with Gasteiger partial charge in [0, 0.05) is 37.7 Å². The third-order valence-electron chi connectivity index (χ3n) is 6.32. The van der Waals surface area contributed by atoms with Gasteiger partial charge in [-0.25, -0.2) is 14.8 Å². The van der Waals surface area contributed by atoms with Crippen LogP contribution in [0.1, 0.15) is 18.4 Å². The van der Waals surface area contributed by atoms with Gasteiger partial charge in [-0.15, -0.1) is 12.4 Å². The Bertz CT molecular complexity index is 1220. The Morgan fingerprint density at radius 1 is 1.17 bits per heavy atom. The Morgan fingerprint density at radius 2 is 1.89 bits per heavy atom. The molecular formula is C22H23ClF3N7O2. The molecule has 13 heteroatoms. The van der Waals surface area contributed by atoms with Gasteiger partial charge in [0.2, 0.25) is 5.91 Å². The van der Waals surface area contributed by atoms with Crippen molar-refractivity contribution in [2.75, 3.05) is 36.4 Å². The maximum absolute atomic E-state index is 12.7. The van der Waals surface area contributed by atoms with Gasteiger partial charge in [-0.2, -0.15) is 13.2 Å². The maximum atomic E-state index is 12.7. The van der Waals surface area contributed by atoms with Crippen LogP contribution in [-0.4, -0.2) is 62.9 Å². The van der Waals surface area contributed by atoms with E-state index < -0.39 is 23.2 Å². The summed E-state index contributed by atoms with van der Waals surface area (Å²) >= 11 is 0. The molecular weight excluding hydrogens is 487 g/mol. The summed E-state index contributed by atoms with van der Waals surface area (Å²) in [6.07, 6.45) is 3.98. The molecule has 1 spiro atoms. The van der Waals surface area contributed by atoms with Crippen molar-refractivity contribution >= 4 is 41.4 Å². The molecule has 0 bridgehead atoms. The van der Waals surface area contributed by atoms with Gasteiger partial charge in [-0.3, -0.25) is 4.79 Å². The number of hydrogen-bond acceptors (Lipinski definition) is 5. The molecule has 0 unspecified atom stereocenters. The van der Waals surface area contributed by atoms with E-state index in [2.05, 4.69) is 25.5 Å². The van der Waals surface area contributed by atoms with Gasteiger partial charge in [-0.1, -0.05) is 0 Å². The van der Waals surface area contributed by atoms with Crippen LogP contribution in [0.15, 0.2) is 49.2 Å². The minimum Gasteiger partial charge on any atom is -0.355 e. The van der Waals surface area contributed by atoms with Crippen molar-refractivity contribution in [1.82, 2.24) is 24.6 Å². The number of alkyl halides is 3. The number of halogens is 4. The molecule has 0 aliphatic carbocycles. The number of carbonyl (C=O) groups excluding carboxylic acids is 2. The number of nitrogens with one attached hydrogen (secondary N) is 2. The van der Waals surface area contributed by atoms with Crippen LogP contribution >= 0.6 is 12.4 Å². The van der Waals surface area contributed by atoms with E-state index in [1.807, 2.05) is 10.6 Å². The highest BCUT2D eigenvalue weighted by atomic mass is 35.5. The van der Waals surface area contributed by atoms with Crippen LogP contribution in [0.5, 0.6) is 0 Å². The van der Waals surface area contributed by atoms with Crippen LogP contribution in [0.4, 0.5) is 29.5 Å². The summed E-state index contributed by atoms with van der Waals surface area (Å²) in [4.78, 5) is 37.2. The number of urea groups is 1. The standard InChI is InChI=1S/C22H22F3N7O2.ClH/c23-22(24,25)15-1-3-16(4-2-15)28-18(33)12-32-13-21(29-20(32)34)5-8-30(9-6-21)19-17-11-26-14-31(17)10-7-27-19;/h1-4,7,10-11,14H,5-6,8-9,12-13H2,(H,28,33)(H,29,34);1H. The number of piperidine rings is 1. The Morgan fingerprint density at radius 3 is 2.57 bits per heavy atom. The van der Waals surface area contributed by atoms with Crippen molar-refractivity contribution in [1.29, 1.82) is 0 Å². The number of imidazole rings is 1. The number of anilines is 2. The largest absolute Gasteiger partial charge is 0.416 e. The molecule has 5 rings (SSSR count). The van der Waals surface area contributed by atoms with Gasteiger partial charge in [0.15, 0.2) is 5.82 Å². The zero-order valence-electron chi connectivity index (χ0n) is 18.5. The smallest absolute Gasteiger partial charge is 0.355 e. The summed E-state index contributed by atoms with van der Waals surface area (Å²) in [6.45, 7) is 1.56. The van der Waals surface area contributed by atoms with E-state index >= 15 is 0 Å². The summed E-state index contributed by atoms with van der Waals surface area (Å²) in [5, 5.41) is 5.58. The fraction of sp³-hybridized carbons (Fsp3) is 0.364. The number of aromatic nitrogens is 3. The summed E-state index contributed by atoms with van der Waals surface area (Å²) in [5.74, 6) is 0.368. The van der Waals surface area contributed by atoms with E-state index in [1.54, 1.807) is 18.7 Å². The molecule has 4 heterocycles. The maximum Gasteiger partial charge on any atom is 0.416 e. The molecule has 2 N–H and O–H groups in total. The first-order valence-corrected chi connectivity index (χ1v) is 10.8. The van der Waals surface area contributed by atoms with Crippen molar-refractivity contribution in [3.8, 4) is 0 Å². The number of amides is 3. The lowest BCUT2D eigenvalue weighted by molar-refractivity contribution is -0.137. The first kappa shape index (κ1) is 24.6. The van der Waals surface area contributed by atoms with Crippen molar-refractivity contribution in [2.45, 2.75) is 24.6 Å². The van der Waals surface area contributed by atoms with Gasteiger partial charge in [0.25, 0.3) is 0 Å². The lowest BCUT2D eigenvalue weighted by atomic mass is 9.88. The van der Waals surface area contributed by atoms with Crippen LogP contribution in [0.3, 0.4) is 0 Å². The quantitative estimate of drug-likeness (QED) is 0.563. The van der Waals surface area contributed by atoms with Gasteiger partial charge in [0.05, 0.1) is 23.6 Å². The van der Waals surface area contributed by atoms with E-state index in [-0.39, 0.29) is 30.7 Å². The predicted octanol–water partition coefficient (Wildman–Crippen LogP) is 3.17. The highest BCUT2D eigenvalue weighted by Gasteiger charge is 2.45. The fourth-order valence-corrected chi connectivity index (χ4v) is 4.54. The summed E-state index contributed by atoms with van der Waals surface area (Å²) in [6, 6.07) is 3.86. The number of carbonyl (C=O) groups is 2. The van der Waals surface area contributed by atoms with Crippen LogP contribution in [-0.2, 0) is 11.0 Å². The number of nitrogens with zero attached hydrogens (tertiary/aromatic N) is 5. The van der Waals surface area contributed by atoms with Crippen molar-refractivity contribution in [3.63, 3.8) is 0 Å². The Kier molecular flexibility index (Phi) is 6.50. The van der Waals surface area contributed by atoms with Crippen LogP contribution in [0.25, 0.3) is 5.52 Å². The second kappa shape index (κ2) is 9.25. The third kappa shape index (κ3) is 4.97. The van der Waals surface area contributed by atoms with Gasteiger partial charge in [-0.05, 0) is 37.1 Å². The molecule has 0 radical (unpaired) electrons. The van der Waals surface area contributed by atoms with Crippen molar-refractivity contribution in [2.24, 2.45) is 0 Å². The molecule has 186 valence electrons. The first-order chi connectivity index (χ1) is 16.2. The lowest BCUT2D eigenvalue weighted by Gasteiger charge is -2.39. The number of hydrogen-bond donors (Lipinski definition) is 2. The molecule has 3 amide bonds. The minimum absolute atomic E-state index is 0. The molecule has 2 aliphatic rings. The second-order valence-electron chi connectivity index (χ2n) is 8.61. The monoisotopic (exact) mass is 509 g/mol. The van der Waals surface area contributed by atoms with Gasteiger partial charge >= 0.3 is 12.2 Å². The molecule has 0 atom stereocenters. The average Bonchev–Trinajstić information content (AvgIpc) is 3.39. The SMILES string of the molecule is Cl.O=C(CN1CC2(CCN(c3nccn4cncc34)CC2)NC1=O)Nc1ccc(C(F)(F)F)cc1. The predicted molar refractivity (Wildman–Crippen MR) is 125 cm³/mol. The van der Waals surface area contributed by atoms with Gasteiger partial charge < -0.3 is 24.8 Å². The molecule has 9 nitrogen and oxygen atoms in total. The first-order valence-electron chi connectivity index (χ1n) is 10.8. The molecule has 0 saturated carbocycles. The van der Waals surface area contributed by atoms with E-state index in [4.69, 9.17) is 0 Å². The number of benzene rings is 1. The summed E-state index contributed by atoms with van der Waals surface area (Å²) in [7, 11) is 0. The number of fused-ring (bicyclic) bond motifs is 1. The van der Waals surface area contributed by atoms with E-state index in [0.29, 0.717) is 32.5 Å². The Balaban J connectivity index is 0.00000289. The lowest BCUT2D eigenvalue weighted by Crippen LogP contribution is -2.52. The summed E-state index contributed by atoms with van der Waals surface area (Å²) in [5.41, 5.74) is -0.0805. The zero-order valence-corrected chi connectivity index (χ0v) is 19.3. The van der Waals surface area contributed by atoms with E-state index in [1.165, 1.54) is 17.0 Å². The Labute approximate surface area is 204 Å². The second-order valence-corrected chi connectivity index (χ2v) is 8.61. The molecule has 2 aliphatic heterocycles. The van der Waals surface area contributed by atoms with Crippen LogP contribution in [0.2, 0.25) is 0 Å². The van der Waals surface area contributed by atoms with Crippen molar-refractivity contribution in [3.05, 3.63) is 54.7 Å². The third-order valence-corrected chi connectivity index (χ3v) is 6.32. The summed E-state index contributed by atoms with van der Waals surface area (Å²) < 4.78 is 40.0. The van der Waals surface area contributed by atoms with Crippen LogP contribution < -0.4 is 15.5 Å². The number of rotatable bonds is 4. The Hall–Kier alpha value is -3.54. The molecule has 2 aromatic heterocycles. The fourth-order valence-electron chi connectivity index (χ4n) is 4.54. The topological polar surface area (TPSA) is 94.9 Å². The van der Waals surface area contributed by atoms with E-state index in [9.17, 15) is 22.8 Å². The molecule has 2 fully saturated rings. The normalized spacial score (nSPS) is 17.4. The zero-order chi connectivity index (χ0) is 23.9. The average molecular weight is 510 g/mol. The van der Waals surface area contributed by atoms with Crippen molar-refractivity contribution < 1.29 is 22.8 Å². The van der Waals surface area contributed by atoms with Crippen LogP contribution in [0, 0.1) is 0 Å². The minimum atomic E-state index is -4.44. The molecule has 3 aromatic rings. The highest BCUT2D eigenvalue weighted by molar-refractivity contribution is 5.95.